The van der Waals surface area contributed by atoms with Crippen molar-refractivity contribution in [3.05, 3.63) is 29.6 Å². The molecule has 1 atom stereocenters. The van der Waals surface area contributed by atoms with Crippen LogP contribution in [0.25, 0.3) is 0 Å². The zero-order chi connectivity index (χ0) is 15.6. The molecule has 3 rings (SSSR count). The smallest absolute Gasteiger partial charge is 0.377 e. The molecule has 1 saturated heterocycles. The molecular weight excluding hydrogens is 295 g/mol. The van der Waals surface area contributed by atoms with Crippen LogP contribution < -0.4 is 0 Å². The van der Waals surface area contributed by atoms with Crippen LogP contribution in [-0.4, -0.2) is 47.5 Å². The molecule has 0 N–H and O–H groups in total. The zero-order valence-electron chi connectivity index (χ0n) is 12.4. The van der Waals surface area contributed by atoms with Crippen LogP contribution in [-0.2, 0) is 10.9 Å². The van der Waals surface area contributed by atoms with Gasteiger partial charge in [0.2, 0.25) is 0 Å². The number of hydrogen-bond acceptors (Lipinski definition) is 3. The van der Waals surface area contributed by atoms with Crippen molar-refractivity contribution in [2.75, 3.05) is 32.8 Å². The molecule has 22 heavy (non-hydrogen) atoms. The van der Waals surface area contributed by atoms with Crippen LogP contribution in [0, 0.1) is 0 Å². The molecule has 2 aliphatic heterocycles. The average molecular weight is 315 g/mol. The van der Waals surface area contributed by atoms with Crippen molar-refractivity contribution in [2.45, 2.75) is 31.5 Å². The van der Waals surface area contributed by atoms with Gasteiger partial charge in [-0.05, 0) is 37.4 Å². The molecule has 0 aliphatic carbocycles. The number of ether oxygens (including phenoxy) is 1. The van der Waals surface area contributed by atoms with E-state index in [0.717, 1.165) is 51.6 Å². The van der Waals surface area contributed by atoms with Gasteiger partial charge in [0.25, 0.3) is 0 Å². The van der Waals surface area contributed by atoms with Gasteiger partial charge >= 0.3 is 6.18 Å². The highest BCUT2D eigenvalue weighted by molar-refractivity contribution is 5.08. The molecule has 0 amide bonds. The molecular formula is C15H20F3N3O. The lowest BCUT2D eigenvalue weighted by molar-refractivity contribution is -0.141. The minimum Gasteiger partial charge on any atom is -0.377 e. The summed E-state index contributed by atoms with van der Waals surface area (Å²) in [7, 11) is 0. The fourth-order valence-corrected chi connectivity index (χ4v) is 3.09. The predicted octanol–water partition coefficient (Wildman–Crippen LogP) is 2.89. The summed E-state index contributed by atoms with van der Waals surface area (Å²) in [5, 5.41) is 3.71. The lowest BCUT2D eigenvalue weighted by atomic mass is 10.0. The first-order valence-corrected chi connectivity index (χ1v) is 7.63. The Kier molecular flexibility index (Phi) is 4.54. The number of nitrogens with zero attached hydrogens (tertiary/aromatic N) is 3. The Hall–Kier alpha value is -1.34. The first kappa shape index (κ1) is 15.6. The van der Waals surface area contributed by atoms with E-state index in [0.29, 0.717) is 6.61 Å². The summed E-state index contributed by atoms with van der Waals surface area (Å²) in [6.45, 7) is 3.99. The van der Waals surface area contributed by atoms with Crippen LogP contribution in [0.15, 0.2) is 23.9 Å². The second-order valence-corrected chi connectivity index (χ2v) is 5.91. The van der Waals surface area contributed by atoms with E-state index in [9.17, 15) is 13.2 Å². The van der Waals surface area contributed by atoms with Crippen molar-refractivity contribution >= 4 is 0 Å². The Labute approximate surface area is 127 Å². The van der Waals surface area contributed by atoms with Gasteiger partial charge in [0.15, 0.2) is 5.69 Å². The van der Waals surface area contributed by atoms with Gasteiger partial charge in [-0.15, -0.1) is 0 Å². The van der Waals surface area contributed by atoms with Crippen LogP contribution in [0.4, 0.5) is 13.2 Å². The SMILES string of the molecule is FC(F)(F)c1ccn([C@H]2CCCN(CC3=CCCOC3)C2)n1. The molecule has 0 bridgehead atoms. The second-order valence-electron chi connectivity index (χ2n) is 5.91. The fraction of sp³-hybridized carbons (Fsp3) is 0.667. The standard InChI is InChI=1S/C15H20F3N3O/c16-15(17,18)14-5-7-21(19-14)13-4-1-6-20(10-13)9-12-3-2-8-22-11-12/h3,5,7,13H,1-2,4,6,8-11H2/t13-/m0/s1. The van der Waals surface area contributed by atoms with E-state index in [4.69, 9.17) is 4.74 Å². The van der Waals surface area contributed by atoms with Gasteiger partial charge in [-0.3, -0.25) is 9.58 Å². The van der Waals surface area contributed by atoms with E-state index in [1.807, 2.05) is 0 Å². The molecule has 0 saturated carbocycles. The minimum atomic E-state index is -4.37. The highest BCUT2D eigenvalue weighted by atomic mass is 19.4. The van der Waals surface area contributed by atoms with Gasteiger partial charge in [-0.2, -0.15) is 18.3 Å². The van der Waals surface area contributed by atoms with E-state index in [-0.39, 0.29) is 6.04 Å². The zero-order valence-corrected chi connectivity index (χ0v) is 12.4. The molecule has 7 heteroatoms. The Bertz CT molecular complexity index is 538. The van der Waals surface area contributed by atoms with Crippen LogP contribution in [0.3, 0.4) is 0 Å². The fourth-order valence-electron chi connectivity index (χ4n) is 3.09. The van der Waals surface area contributed by atoms with Gasteiger partial charge in [-0.1, -0.05) is 6.08 Å². The number of likely N-dealkylation sites (tertiary alicyclic amines) is 1. The van der Waals surface area contributed by atoms with Crippen molar-refractivity contribution in [1.29, 1.82) is 0 Å². The van der Waals surface area contributed by atoms with Gasteiger partial charge in [-0.25, -0.2) is 0 Å². The molecule has 0 aromatic carbocycles. The first-order valence-electron chi connectivity index (χ1n) is 7.63. The highest BCUT2D eigenvalue weighted by Crippen LogP contribution is 2.29. The summed E-state index contributed by atoms with van der Waals surface area (Å²) in [5.41, 5.74) is 0.455. The topological polar surface area (TPSA) is 30.3 Å². The number of halogens is 3. The summed E-state index contributed by atoms with van der Waals surface area (Å²) >= 11 is 0. The number of piperidine rings is 1. The molecule has 0 unspecified atom stereocenters. The minimum absolute atomic E-state index is 0.00922. The third-order valence-corrected chi connectivity index (χ3v) is 4.16. The second kappa shape index (κ2) is 6.42. The molecule has 0 radical (unpaired) electrons. The van der Waals surface area contributed by atoms with E-state index < -0.39 is 11.9 Å². The van der Waals surface area contributed by atoms with Crippen molar-refractivity contribution in [2.24, 2.45) is 0 Å². The van der Waals surface area contributed by atoms with E-state index in [2.05, 4.69) is 16.1 Å². The van der Waals surface area contributed by atoms with Crippen molar-refractivity contribution in [3.63, 3.8) is 0 Å². The van der Waals surface area contributed by atoms with E-state index in [1.54, 1.807) is 0 Å². The lowest BCUT2D eigenvalue weighted by Gasteiger charge is -2.33. The molecule has 1 aromatic rings. The summed E-state index contributed by atoms with van der Waals surface area (Å²) in [5.74, 6) is 0. The Balaban J connectivity index is 1.62. The van der Waals surface area contributed by atoms with Crippen LogP contribution in [0.1, 0.15) is 31.0 Å². The summed E-state index contributed by atoms with van der Waals surface area (Å²) in [6, 6.07) is 1.06. The Morgan fingerprint density at radius 2 is 2.23 bits per heavy atom. The third kappa shape index (κ3) is 3.70. The number of rotatable bonds is 3. The molecule has 1 aromatic heterocycles. The lowest BCUT2D eigenvalue weighted by Crippen LogP contribution is -2.38. The maximum Gasteiger partial charge on any atom is 0.435 e. The highest BCUT2D eigenvalue weighted by Gasteiger charge is 2.34. The summed E-state index contributed by atoms with van der Waals surface area (Å²) in [6.07, 6.45) is 2.07. The number of aromatic nitrogens is 2. The Morgan fingerprint density at radius 3 is 2.91 bits per heavy atom. The molecule has 1 fully saturated rings. The number of alkyl halides is 3. The maximum absolute atomic E-state index is 12.6. The third-order valence-electron chi connectivity index (χ3n) is 4.16. The monoisotopic (exact) mass is 315 g/mol. The molecule has 122 valence electrons. The molecule has 0 spiro atoms. The normalized spacial score (nSPS) is 24.3. The first-order chi connectivity index (χ1) is 10.5. The predicted molar refractivity (Wildman–Crippen MR) is 75.5 cm³/mol. The van der Waals surface area contributed by atoms with Crippen LogP contribution in [0.5, 0.6) is 0 Å². The largest absolute Gasteiger partial charge is 0.435 e. The van der Waals surface area contributed by atoms with Crippen LogP contribution in [0.2, 0.25) is 0 Å². The van der Waals surface area contributed by atoms with E-state index in [1.165, 1.54) is 16.5 Å². The van der Waals surface area contributed by atoms with Crippen LogP contribution >= 0.6 is 0 Å². The van der Waals surface area contributed by atoms with E-state index >= 15 is 0 Å². The van der Waals surface area contributed by atoms with Crippen molar-refractivity contribution < 1.29 is 17.9 Å². The van der Waals surface area contributed by atoms with Gasteiger partial charge in [0.1, 0.15) is 0 Å². The molecule has 2 aliphatic rings. The Morgan fingerprint density at radius 1 is 1.36 bits per heavy atom. The quantitative estimate of drug-likeness (QED) is 0.804. The average Bonchev–Trinajstić information content (AvgIpc) is 2.99. The number of hydrogen-bond donors (Lipinski definition) is 0. The van der Waals surface area contributed by atoms with Gasteiger partial charge in [0, 0.05) is 19.3 Å². The van der Waals surface area contributed by atoms with Crippen molar-refractivity contribution in [1.82, 2.24) is 14.7 Å². The summed E-state index contributed by atoms with van der Waals surface area (Å²) in [4.78, 5) is 2.28. The molecule has 3 heterocycles. The van der Waals surface area contributed by atoms with Gasteiger partial charge in [0.05, 0.1) is 19.3 Å². The maximum atomic E-state index is 12.6. The molecule has 4 nitrogen and oxygen atoms in total. The summed E-state index contributed by atoms with van der Waals surface area (Å²) < 4.78 is 44.9. The van der Waals surface area contributed by atoms with Crippen molar-refractivity contribution in [3.8, 4) is 0 Å². The van der Waals surface area contributed by atoms with Gasteiger partial charge < -0.3 is 4.74 Å².